The third-order valence-electron chi connectivity index (χ3n) is 3.54. The maximum atomic E-state index is 5.63. The lowest BCUT2D eigenvalue weighted by atomic mass is 10.1. The van der Waals surface area contributed by atoms with Gasteiger partial charge in [-0.1, -0.05) is 0 Å². The molecule has 0 bridgehead atoms. The zero-order valence-electron chi connectivity index (χ0n) is 13.6. The standard InChI is InChI=1S/C15H18N6O3/c1-22-11-5-13(24-3)12(23-2)4-9(11)6-19-21-8-18-10-7-17-15(16)20-14(10)21/h4-5,7-8,19H,6H2,1-3H3,(H2,16,17,20). The van der Waals surface area contributed by atoms with Crippen molar-refractivity contribution >= 4 is 17.1 Å². The minimum absolute atomic E-state index is 0.190. The summed E-state index contributed by atoms with van der Waals surface area (Å²) in [4.78, 5) is 12.3. The van der Waals surface area contributed by atoms with Crippen LogP contribution in [0.15, 0.2) is 24.7 Å². The summed E-state index contributed by atoms with van der Waals surface area (Å²) < 4.78 is 17.7. The van der Waals surface area contributed by atoms with Gasteiger partial charge in [-0.2, -0.15) is 4.98 Å². The Labute approximate surface area is 138 Å². The Morgan fingerprint density at radius 1 is 1.04 bits per heavy atom. The highest BCUT2D eigenvalue weighted by Crippen LogP contribution is 2.34. The zero-order valence-corrected chi connectivity index (χ0v) is 13.6. The lowest BCUT2D eigenvalue weighted by Crippen LogP contribution is -2.15. The highest BCUT2D eigenvalue weighted by molar-refractivity contribution is 5.70. The molecule has 0 spiro atoms. The van der Waals surface area contributed by atoms with E-state index in [1.807, 2.05) is 6.07 Å². The number of hydrogen-bond donors (Lipinski definition) is 2. The molecular weight excluding hydrogens is 312 g/mol. The molecule has 24 heavy (non-hydrogen) atoms. The summed E-state index contributed by atoms with van der Waals surface area (Å²) in [6.07, 6.45) is 3.19. The highest BCUT2D eigenvalue weighted by Gasteiger charge is 2.12. The second-order valence-corrected chi connectivity index (χ2v) is 4.91. The number of hydrogen-bond acceptors (Lipinski definition) is 8. The van der Waals surface area contributed by atoms with Gasteiger partial charge in [0.05, 0.1) is 34.1 Å². The first-order valence-corrected chi connectivity index (χ1v) is 7.14. The van der Waals surface area contributed by atoms with E-state index in [0.29, 0.717) is 35.0 Å². The third kappa shape index (κ3) is 2.83. The number of nitrogen functional groups attached to an aromatic ring is 1. The van der Waals surface area contributed by atoms with Crippen molar-refractivity contribution in [2.75, 3.05) is 32.5 Å². The van der Waals surface area contributed by atoms with E-state index in [9.17, 15) is 0 Å². The summed E-state index contributed by atoms with van der Waals surface area (Å²) in [6.45, 7) is 0.457. The molecule has 0 aliphatic carbocycles. The van der Waals surface area contributed by atoms with Crippen LogP contribution in [0.1, 0.15) is 5.56 Å². The first-order valence-electron chi connectivity index (χ1n) is 7.14. The lowest BCUT2D eigenvalue weighted by molar-refractivity contribution is 0.347. The van der Waals surface area contributed by atoms with Crippen LogP contribution in [0.25, 0.3) is 11.2 Å². The second kappa shape index (κ2) is 6.49. The molecule has 9 nitrogen and oxygen atoms in total. The maximum absolute atomic E-state index is 5.63. The van der Waals surface area contributed by atoms with Crippen LogP contribution >= 0.6 is 0 Å². The van der Waals surface area contributed by atoms with Gasteiger partial charge in [0.25, 0.3) is 0 Å². The average molecular weight is 330 g/mol. The Hall–Kier alpha value is -3.23. The first kappa shape index (κ1) is 15.7. The zero-order chi connectivity index (χ0) is 17.1. The van der Waals surface area contributed by atoms with Crippen LogP contribution in [-0.4, -0.2) is 41.0 Å². The summed E-state index contributed by atoms with van der Waals surface area (Å²) in [7, 11) is 4.77. The molecule has 9 heteroatoms. The normalized spacial score (nSPS) is 10.6. The topological polar surface area (TPSA) is 109 Å². The molecule has 2 heterocycles. The highest BCUT2D eigenvalue weighted by atomic mass is 16.5. The smallest absolute Gasteiger partial charge is 0.222 e. The fourth-order valence-corrected chi connectivity index (χ4v) is 2.34. The molecule has 0 saturated carbocycles. The van der Waals surface area contributed by atoms with E-state index in [2.05, 4.69) is 20.4 Å². The molecule has 0 amide bonds. The van der Waals surface area contributed by atoms with E-state index < -0.39 is 0 Å². The summed E-state index contributed by atoms with van der Waals surface area (Å²) in [5.41, 5.74) is 11.0. The van der Waals surface area contributed by atoms with Gasteiger partial charge in [0.15, 0.2) is 17.1 Å². The summed E-state index contributed by atoms with van der Waals surface area (Å²) >= 11 is 0. The molecule has 3 N–H and O–H groups in total. The molecule has 0 atom stereocenters. The van der Waals surface area contributed by atoms with Gasteiger partial charge < -0.3 is 25.4 Å². The number of anilines is 1. The summed E-state index contributed by atoms with van der Waals surface area (Å²) in [5.74, 6) is 2.09. The van der Waals surface area contributed by atoms with Crippen LogP contribution in [0, 0.1) is 0 Å². The number of nitrogens with two attached hydrogens (primary N) is 1. The molecule has 126 valence electrons. The summed E-state index contributed by atoms with van der Waals surface area (Å²) in [6, 6.07) is 3.63. The van der Waals surface area contributed by atoms with Crippen LogP contribution in [-0.2, 0) is 6.54 Å². The lowest BCUT2D eigenvalue weighted by Gasteiger charge is -2.15. The number of nitrogens with zero attached hydrogens (tertiary/aromatic N) is 4. The fraction of sp³-hybridized carbons (Fsp3) is 0.267. The van der Waals surface area contributed by atoms with Gasteiger partial charge in [-0.3, -0.25) is 0 Å². The van der Waals surface area contributed by atoms with Gasteiger partial charge in [0.1, 0.15) is 17.6 Å². The van der Waals surface area contributed by atoms with Crippen molar-refractivity contribution in [3.63, 3.8) is 0 Å². The van der Waals surface area contributed by atoms with Crippen molar-refractivity contribution < 1.29 is 14.2 Å². The number of methoxy groups -OCH3 is 3. The van der Waals surface area contributed by atoms with E-state index in [4.69, 9.17) is 19.9 Å². The third-order valence-corrected chi connectivity index (χ3v) is 3.54. The van der Waals surface area contributed by atoms with Crippen molar-refractivity contribution in [1.82, 2.24) is 19.6 Å². The monoisotopic (exact) mass is 330 g/mol. The van der Waals surface area contributed by atoms with E-state index in [1.54, 1.807) is 44.6 Å². The minimum Gasteiger partial charge on any atom is -0.496 e. The molecule has 3 rings (SSSR count). The molecule has 2 aromatic heterocycles. The fourth-order valence-electron chi connectivity index (χ4n) is 2.34. The maximum Gasteiger partial charge on any atom is 0.222 e. The Bertz CT molecular complexity index is 864. The van der Waals surface area contributed by atoms with E-state index in [0.717, 1.165) is 5.56 Å². The largest absolute Gasteiger partial charge is 0.496 e. The number of ether oxygens (including phenoxy) is 3. The van der Waals surface area contributed by atoms with Crippen LogP contribution < -0.4 is 25.4 Å². The molecule has 0 unspecified atom stereocenters. The predicted octanol–water partition coefficient (Wildman–Crippen LogP) is 1.18. The Morgan fingerprint density at radius 3 is 2.46 bits per heavy atom. The Morgan fingerprint density at radius 2 is 1.75 bits per heavy atom. The van der Waals surface area contributed by atoms with E-state index in [1.165, 1.54) is 0 Å². The van der Waals surface area contributed by atoms with Crippen LogP contribution in [0.2, 0.25) is 0 Å². The van der Waals surface area contributed by atoms with Gasteiger partial charge in [0.2, 0.25) is 5.95 Å². The van der Waals surface area contributed by atoms with Crippen molar-refractivity contribution in [2.24, 2.45) is 0 Å². The number of nitrogens with one attached hydrogen (secondary N) is 1. The van der Waals surface area contributed by atoms with Gasteiger partial charge >= 0.3 is 0 Å². The van der Waals surface area contributed by atoms with Crippen LogP contribution in [0.5, 0.6) is 17.2 Å². The Balaban J connectivity index is 1.89. The molecule has 0 fully saturated rings. The predicted molar refractivity (Wildman–Crippen MR) is 88.9 cm³/mol. The number of imidazole rings is 1. The molecule has 0 radical (unpaired) electrons. The van der Waals surface area contributed by atoms with Gasteiger partial charge in [-0.05, 0) is 6.07 Å². The van der Waals surface area contributed by atoms with Gasteiger partial charge in [0, 0.05) is 11.6 Å². The molecule has 1 aromatic carbocycles. The van der Waals surface area contributed by atoms with E-state index >= 15 is 0 Å². The SMILES string of the molecule is COc1cc(OC)c(OC)cc1CNn1cnc2cnc(N)nc21. The molecule has 0 saturated heterocycles. The summed E-state index contributed by atoms with van der Waals surface area (Å²) in [5, 5.41) is 0. The van der Waals surface area contributed by atoms with Gasteiger partial charge in [-0.25, -0.2) is 14.6 Å². The number of benzene rings is 1. The Kier molecular flexibility index (Phi) is 4.23. The van der Waals surface area contributed by atoms with Crippen LogP contribution in [0.3, 0.4) is 0 Å². The molecule has 0 aliphatic heterocycles. The van der Waals surface area contributed by atoms with Crippen LogP contribution in [0.4, 0.5) is 5.95 Å². The first-order chi connectivity index (χ1) is 11.7. The molecule has 3 aromatic rings. The van der Waals surface area contributed by atoms with Crippen molar-refractivity contribution in [3.05, 3.63) is 30.2 Å². The van der Waals surface area contributed by atoms with Gasteiger partial charge in [-0.15, -0.1) is 0 Å². The van der Waals surface area contributed by atoms with Crippen molar-refractivity contribution in [2.45, 2.75) is 6.54 Å². The average Bonchev–Trinajstić information content (AvgIpc) is 3.01. The molecule has 0 aliphatic rings. The van der Waals surface area contributed by atoms with Crippen molar-refractivity contribution in [3.8, 4) is 17.2 Å². The number of aromatic nitrogens is 4. The second-order valence-electron chi connectivity index (χ2n) is 4.91. The number of fused-ring (bicyclic) bond motifs is 1. The quantitative estimate of drug-likeness (QED) is 0.693. The molecular formula is C15H18N6O3. The van der Waals surface area contributed by atoms with E-state index in [-0.39, 0.29) is 5.95 Å². The minimum atomic E-state index is 0.190. The van der Waals surface area contributed by atoms with Crippen molar-refractivity contribution in [1.29, 1.82) is 0 Å². The number of rotatable bonds is 6.